The molecule has 2 aromatic carbocycles. The fraction of sp³-hybridized carbons (Fsp3) is 0.222. The summed E-state index contributed by atoms with van der Waals surface area (Å²) in [7, 11) is 0. The summed E-state index contributed by atoms with van der Waals surface area (Å²) < 4.78 is 16.2. The van der Waals surface area contributed by atoms with Gasteiger partial charge in [-0.15, -0.1) is 0 Å². The number of carbonyl (C=O) groups is 2. The normalized spacial score (nSPS) is 13.8. The van der Waals surface area contributed by atoms with E-state index in [4.69, 9.17) is 19.9 Å². The molecule has 0 unspecified atom stereocenters. The molecule has 1 aliphatic heterocycles. The standard InChI is InChI=1S/C18H17NO5/c19-18(21)17(13-4-2-1-3-5-13)24-16(20)11-12-6-7-14-15(10-12)23-9-8-22-14/h1-7,10,17H,8-9,11H2,(H2,19,21)/t17-/m1/s1. The minimum atomic E-state index is -1.10. The van der Waals surface area contributed by atoms with Gasteiger partial charge in [0, 0.05) is 5.56 Å². The van der Waals surface area contributed by atoms with Crippen molar-refractivity contribution in [1.29, 1.82) is 0 Å². The lowest BCUT2D eigenvalue weighted by Crippen LogP contribution is -2.26. The van der Waals surface area contributed by atoms with Crippen molar-refractivity contribution in [2.45, 2.75) is 12.5 Å². The van der Waals surface area contributed by atoms with Crippen LogP contribution in [0.15, 0.2) is 48.5 Å². The van der Waals surface area contributed by atoms with Crippen LogP contribution in [0.2, 0.25) is 0 Å². The van der Waals surface area contributed by atoms with Crippen LogP contribution in [0.5, 0.6) is 11.5 Å². The number of hydrogen-bond donors (Lipinski definition) is 1. The van der Waals surface area contributed by atoms with Gasteiger partial charge in [-0.25, -0.2) is 0 Å². The molecule has 3 rings (SSSR count). The highest BCUT2D eigenvalue weighted by molar-refractivity contribution is 5.84. The second kappa shape index (κ2) is 7.04. The van der Waals surface area contributed by atoms with Crippen molar-refractivity contribution < 1.29 is 23.8 Å². The Bertz CT molecular complexity index is 744. The van der Waals surface area contributed by atoms with Gasteiger partial charge in [-0.1, -0.05) is 36.4 Å². The maximum absolute atomic E-state index is 12.2. The van der Waals surface area contributed by atoms with E-state index in [9.17, 15) is 9.59 Å². The summed E-state index contributed by atoms with van der Waals surface area (Å²) in [6.45, 7) is 0.977. The van der Waals surface area contributed by atoms with Crippen LogP contribution in [-0.4, -0.2) is 25.1 Å². The third-order valence-corrected chi connectivity index (χ3v) is 3.57. The number of rotatable bonds is 5. The summed E-state index contributed by atoms with van der Waals surface area (Å²) in [5, 5.41) is 0. The Morgan fingerprint density at radius 2 is 1.75 bits per heavy atom. The zero-order valence-electron chi connectivity index (χ0n) is 12.9. The molecule has 24 heavy (non-hydrogen) atoms. The minimum Gasteiger partial charge on any atom is -0.486 e. The van der Waals surface area contributed by atoms with E-state index in [2.05, 4.69) is 0 Å². The van der Waals surface area contributed by atoms with Crippen LogP contribution in [0.3, 0.4) is 0 Å². The zero-order chi connectivity index (χ0) is 16.9. The van der Waals surface area contributed by atoms with Gasteiger partial charge >= 0.3 is 5.97 Å². The van der Waals surface area contributed by atoms with Gasteiger partial charge in [-0.05, 0) is 17.7 Å². The molecule has 0 bridgehead atoms. The first kappa shape index (κ1) is 15.9. The molecule has 6 nitrogen and oxygen atoms in total. The average molecular weight is 327 g/mol. The monoisotopic (exact) mass is 327 g/mol. The zero-order valence-corrected chi connectivity index (χ0v) is 12.9. The van der Waals surface area contributed by atoms with Crippen molar-refractivity contribution >= 4 is 11.9 Å². The second-order valence-corrected chi connectivity index (χ2v) is 5.34. The lowest BCUT2D eigenvalue weighted by molar-refractivity contribution is -0.154. The number of ether oxygens (including phenoxy) is 3. The molecule has 6 heteroatoms. The van der Waals surface area contributed by atoms with Crippen molar-refractivity contribution in [3.8, 4) is 11.5 Å². The van der Waals surface area contributed by atoms with E-state index in [1.807, 2.05) is 0 Å². The Morgan fingerprint density at radius 3 is 2.46 bits per heavy atom. The van der Waals surface area contributed by atoms with Crippen LogP contribution in [0.4, 0.5) is 0 Å². The van der Waals surface area contributed by atoms with E-state index in [0.717, 1.165) is 0 Å². The predicted molar refractivity (Wildman–Crippen MR) is 85.6 cm³/mol. The molecule has 0 saturated heterocycles. The molecule has 0 fully saturated rings. The van der Waals surface area contributed by atoms with E-state index in [0.29, 0.717) is 35.8 Å². The molecule has 0 aromatic heterocycles. The highest BCUT2D eigenvalue weighted by atomic mass is 16.6. The Labute approximate surface area is 139 Å². The predicted octanol–water partition coefficient (Wildman–Crippen LogP) is 1.77. The summed E-state index contributed by atoms with van der Waals surface area (Å²) in [4.78, 5) is 23.8. The molecular formula is C18H17NO5. The second-order valence-electron chi connectivity index (χ2n) is 5.34. The number of nitrogens with two attached hydrogens (primary N) is 1. The van der Waals surface area contributed by atoms with Gasteiger partial charge in [-0.3, -0.25) is 9.59 Å². The first-order valence-electron chi connectivity index (χ1n) is 7.56. The van der Waals surface area contributed by atoms with Gasteiger partial charge in [0.2, 0.25) is 6.10 Å². The van der Waals surface area contributed by atoms with Gasteiger partial charge in [-0.2, -0.15) is 0 Å². The molecule has 1 heterocycles. The number of esters is 1. The smallest absolute Gasteiger partial charge is 0.311 e. The third kappa shape index (κ3) is 3.65. The number of benzene rings is 2. The van der Waals surface area contributed by atoms with Crippen LogP contribution in [-0.2, 0) is 20.7 Å². The van der Waals surface area contributed by atoms with Gasteiger partial charge in [0.15, 0.2) is 11.5 Å². The molecule has 0 saturated carbocycles. The summed E-state index contributed by atoms with van der Waals surface area (Å²) in [6.07, 6.45) is -1.09. The largest absolute Gasteiger partial charge is 0.486 e. The fourth-order valence-corrected chi connectivity index (χ4v) is 2.46. The van der Waals surface area contributed by atoms with Crippen LogP contribution < -0.4 is 15.2 Å². The number of amides is 1. The summed E-state index contributed by atoms with van der Waals surface area (Å²) >= 11 is 0. The average Bonchev–Trinajstić information content (AvgIpc) is 2.60. The molecule has 0 spiro atoms. The van der Waals surface area contributed by atoms with Crippen molar-refractivity contribution in [2.24, 2.45) is 5.73 Å². The molecule has 1 atom stereocenters. The van der Waals surface area contributed by atoms with Gasteiger partial charge < -0.3 is 19.9 Å². The van der Waals surface area contributed by atoms with E-state index in [1.54, 1.807) is 48.5 Å². The fourth-order valence-electron chi connectivity index (χ4n) is 2.46. The number of carbonyl (C=O) groups excluding carboxylic acids is 2. The molecule has 2 N–H and O–H groups in total. The summed E-state index contributed by atoms with van der Waals surface area (Å²) in [6, 6.07) is 13.9. The molecule has 2 aromatic rings. The van der Waals surface area contributed by atoms with E-state index in [-0.39, 0.29) is 6.42 Å². The molecular weight excluding hydrogens is 310 g/mol. The van der Waals surface area contributed by atoms with Gasteiger partial charge in [0.05, 0.1) is 6.42 Å². The molecule has 1 amide bonds. The van der Waals surface area contributed by atoms with Crippen molar-refractivity contribution in [3.05, 3.63) is 59.7 Å². The SMILES string of the molecule is NC(=O)[C@H](OC(=O)Cc1ccc2c(c1)OCCO2)c1ccccc1. The first-order valence-corrected chi connectivity index (χ1v) is 7.56. The molecule has 1 aliphatic rings. The highest BCUT2D eigenvalue weighted by Crippen LogP contribution is 2.31. The van der Waals surface area contributed by atoms with E-state index < -0.39 is 18.0 Å². The van der Waals surface area contributed by atoms with Crippen molar-refractivity contribution in [3.63, 3.8) is 0 Å². The highest BCUT2D eigenvalue weighted by Gasteiger charge is 2.23. The number of hydrogen-bond acceptors (Lipinski definition) is 5. The quantitative estimate of drug-likeness (QED) is 0.846. The Balaban J connectivity index is 1.69. The summed E-state index contributed by atoms with van der Waals surface area (Å²) in [5.41, 5.74) is 6.60. The lowest BCUT2D eigenvalue weighted by Gasteiger charge is -2.19. The van der Waals surface area contributed by atoms with E-state index in [1.165, 1.54) is 0 Å². The molecule has 124 valence electrons. The topological polar surface area (TPSA) is 87.9 Å². The van der Waals surface area contributed by atoms with Crippen LogP contribution >= 0.6 is 0 Å². The van der Waals surface area contributed by atoms with Crippen LogP contribution in [0, 0.1) is 0 Å². The Kier molecular flexibility index (Phi) is 4.65. The van der Waals surface area contributed by atoms with Crippen LogP contribution in [0.25, 0.3) is 0 Å². The minimum absolute atomic E-state index is 0.00720. The van der Waals surface area contributed by atoms with Crippen molar-refractivity contribution in [1.82, 2.24) is 0 Å². The van der Waals surface area contributed by atoms with Crippen molar-refractivity contribution in [2.75, 3.05) is 13.2 Å². The van der Waals surface area contributed by atoms with Crippen LogP contribution in [0.1, 0.15) is 17.2 Å². The lowest BCUT2D eigenvalue weighted by atomic mass is 10.1. The summed E-state index contributed by atoms with van der Waals surface area (Å²) in [5.74, 6) is -0.00483. The van der Waals surface area contributed by atoms with E-state index >= 15 is 0 Å². The maximum atomic E-state index is 12.2. The van der Waals surface area contributed by atoms with Gasteiger partial charge in [0.25, 0.3) is 5.91 Å². The Hall–Kier alpha value is -3.02. The maximum Gasteiger partial charge on any atom is 0.311 e. The Morgan fingerprint density at radius 1 is 1.04 bits per heavy atom. The molecule has 0 aliphatic carbocycles. The number of fused-ring (bicyclic) bond motifs is 1. The van der Waals surface area contributed by atoms with Gasteiger partial charge in [0.1, 0.15) is 13.2 Å². The third-order valence-electron chi connectivity index (χ3n) is 3.57. The molecule has 0 radical (unpaired) electrons. The first-order chi connectivity index (χ1) is 11.6. The number of primary amides is 1.